The van der Waals surface area contributed by atoms with E-state index in [1.807, 2.05) is 0 Å². The molecule has 0 aliphatic carbocycles. The summed E-state index contributed by atoms with van der Waals surface area (Å²) in [7, 11) is 3.38. The van der Waals surface area contributed by atoms with Gasteiger partial charge in [0.15, 0.2) is 0 Å². The van der Waals surface area contributed by atoms with Crippen molar-refractivity contribution in [2.75, 3.05) is 40.5 Å². The normalized spacial score (nSPS) is 15.7. The zero-order valence-electron chi connectivity index (χ0n) is 8.93. The van der Waals surface area contributed by atoms with E-state index in [0.717, 1.165) is 13.0 Å². The van der Waals surface area contributed by atoms with Crippen LogP contribution in [-0.2, 0) is 9.47 Å². The van der Waals surface area contributed by atoms with E-state index in [2.05, 4.69) is 12.2 Å². The summed E-state index contributed by atoms with van der Waals surface area (Å²) in [5, 5.41) is 3.36. The van der Waals surface area contributed by atoms with Gasteiger partial charge in [-0.1, -0.05) is 6.92 Å². The average Bonchev–Trinajstić information content (AvgIpc) is 2.17. The van der Waals surface area contributed by atoms with Gasteiger partial charge in [-0.25, -0.2) is 0 Å². The SMILES string of the molecule is CCC(CN)(COC)NCCOC. The molecule has 0 aromatic carbocycles. The molecule has 13 heavy (non-hydrogen) atoms. The van der Waals surface area contributed by atoms with Gasteiger partial charge in [0.2, 0.25) is 0 Å². The van der Waals surface area contributed by atoms with Crippen molar-refractivity contribution >= 4 is 0 Å². The molecule has 0 aliphatic rings. The number of nitrogens with one attached hydrogen (secondary N) is 1. The first-order valence-corrected chi connectivity index (χ1v) is 4.67. The molecular weight excluding hydrogens is 168 g/mol. The molecule has 0 saturated heterocycles. The zero-order chi connectivity index (χ0) is 10.2. The molecule has 0 heterocycles. The fourth-order valence-electron chi connectivity index (χ4n) is 1.25. The van der Waals surface area contributed by atoms with Crippen LogP contribution in [-0.4, -0.2) is 46.1 Å². The molecule has 0 fully saturated rings. The van der Waals surface area contributed by atoms with Gasteiger partial charge in [-0.15, -0.1) is 0 Å². The smallest absolute Gasteiger partial charge is 0.0656 e. The number of nitrogens with two attached hydrogens (primary N) is 1. The maximum Gasteiger partial charge on any atom is 0.0656 e. The van der Waals surface area contributed by atoms with Crippen LogP contribution < -0.4 is 11.1 Å². The summed E-state index contributed by atoms with van der Waals surface area (Å²) in [4.78, 5) is 0. The van der Waals surface area contributed by atoms with Crippen molar-refractivity contribution in [2.24, 2.45) is 5.73 Å². The Kier molecular flexibility index (Phi) is 7.17. The van der Waals surface area contributed by atoms with Gasteiger partial charge < -0.3 is 20.5 Å². The summed E-state index contributed by atoms with van der Waals surface area (Å²) >= 11 is 0. The monoisotopic (exact) mass is 190 g/mol. The molecule has 1 atom stereocenters. The van der Waals surface area contributed by atoms with Crippen LogP contribution in [0.4, 0.5) is 0 Å². The molecule has 0 aliphatic heterocycles. The van der Waals surface area contributed by atoms with E-state index >= 15 is 0 Å². The summed E-state index contributed by atoms with van der Waals surface area (Å²) < 4.78 is 10.1. The van der Waals surface area contributed by atoms with Crippen molar-refractivity contribution in [1.29, 1.82) is 0 Å². The van der Waals surface area contributed by atoms with Gasteiger partial charge in [-0.3, -0.25) is 0 Å². The Bertz CT molecular complexity index is 116. The van der Waals surface area contributed by atoms with Crippen molar-refractivity contribution < 1.29 is 9.47 Å². The summed E-state index contributed by atoms with van der Waals surface area (Å²) in [6.45, 7) is 4.84. The van der Waals surface area contributed by atoms with Crippen molar-refractivity contribution in [3.63, 3.8) is 0 Å². The summed E-state index contributed by atoms with van der Waals surface area (Å²) in [6, 6.07) is 0. The number of hydrogen-bond donors (Lipinski definition) is 2. The molecule has 0 aromatic heterocycles. The molecule has 80 valence electrons. The molecule has 0 spiro atoms. The maximum absolute atomic E-state index is 5.70. The molecule has 4 heteroatoms. The lowest BCUT2D eigenvalue weighted by Gasteiger charge is -2.31. The minimum absolute atomic E-state index is 0.0900. The zero-order valence-corrected chi connectivity index (χ0v) is 8.93. The van der Waals surface area contributed by atoms with E-state index in [0.29, 0.717) is 19.8 Å². The van der Waals surface area contributed by atoms with Gasteiger partial charge in [0.1, 0.15) is 0 Å². The lowest BCUT2D eigenvalue weighted by Crippen LogP contribution is -2.55. The molecule has 3 N–H and O–H groups in total. The molecule has 0 rings (SSSR count). The highest BCUT2D eigenvalue weighted by atomic mass is 16.5. The highest BCUT2D eigenvalue weighted by Gasteiger charge is 2.25. The number of rotatable bonds is 8. The van der Waals surface area contributed by atoms with Gasteiger partial charge in [0, 0.05) is 27.3 Å². The van der Waals surface area contributed by atoms with Crippen molar-refractivity contribution in [3.8, 4) is 0 Å². The van der Waals surface area contributed by atoms with Gasteiger partial charge in [0.25, 0.3) is 0 Å². The Hall–Kier alpha value is -0.160. The number of ether oxygens (including phenoxy) is 2. The van der Waals surface area contributed by atoms with E-state index in [9.17, 15) is 0 Å². The third kappa shape index (κ3) is 4.57. The molecule has 0 radical (unpaired) electrons. The van der Waals surface area contributed by atoms with Crippen molar-refractivity contribution in [3.05, 3.63) is 0 Å². The number of hydrogen-bond acceptors (Lipinski definition) is 4. The van der Waals surface area contributed by atoms with Crippen molar-refractivity contribution in [2.45, 2.75) is 18.9 Å². The van der Waals surface area contributed by atoms with Crippen LogP contribution in [0.15, 0.2) is 0 Å². The highest BCUT2D eigenvalue weighted by molar-refractivity contribution is 4.87. The Morgan fingerprint density at radius 2 is 2.00 bits per heavy atom. The predicted octanol–water partition coefficient (Wildman–Crippen LogP) is -0.0237. The third-order valence-corrected chi connectivity index (χ3v) is 2.29. The highest BCUT2D eigenvalue weighted by Crippen LogP contribution is 2.08. The van der Waals surface area contributed by atoms with E-state index in [4.69, 9.17) is 15.2 Å². The second kappa shape index (κ2) is 7.26. The van der Waals surface area contributed by atoms with Crippen LogP contribution in [0.1, 0.15) is 13.3 Å². The van der Waals surface area contributed by atoms with Crippen LogP contribution in [0.5, 0.6) is 0 Å². The summed E-state index contributed by atoms with van der Waals surface area (Å²) in [6.07, 6.45) is 0.959. The first-order valence-electron chi connectivity index (χ1n) is 4.67. The quantitative estimate of drug-likeness (QED) is 0.528. The summed E-state index contributed by atoms with van der Waals surface area (Å²) in [5.74, 6) is 0. The third-order valence-electron chi connectivity index (χ3n) is 2.29. The molecule has 0 bridgehead atoms. The lowest BCUT2D eigenvalue weighted by atomic mass is 9.97. The van der Waals surface area contributed by atoms with Gasteiger partial charge in [-0.05, 0) is 6.42 Å². The molecule has 0 aromatic rings. The Morgan fingerprint density at radius 3 is 2.38 bits per heavy atom. The predicted molar refractivity (Wildman–Crippen MR) is 53.8 cm³/mol. The standard InChI is InChI=1S/C9H22N2O2/c1-4-9(7-10,8-13-3)11-5-6-12-2/h11H,4-8,10H2,1-3H3. The van der Waals surface area contributed by atoms with Crippen LogP contribution in [0.25, 0.3) is 0 Å². The average molecular weight is 190 g/mol. The van der Waals surface area contributed by atoms with Crippen LogP contribution >= 0.6 is 0 Å². The largest absolute Gasteiger partial charge is 0.383 e. The fourth-order valence-corrected chi connectivity index (χ4v) is 1.25. The van der Waals surface area contributed by atoms with E-state index < -0.39 is 0 Å². The van der Waals surface area contributed by atoms with Crippen LogP contribution in [0, 0.1) is 0 Å². The first kappa shape index (κ1) is 12.8. The fraction of sp³-hybridized carbons (Fsp3) is 1.00. The molecule has 0 saturated carbocycles. The van der Waals surface area contributed by atoms with Gasteiger partial charge >= 0.3 is 0 Å². The lowest BCUT2D eigenvalue weighted by molar-refractivity contribution is 0.101. The molecule has 4 nitrogen and oxygen atoms in total. The molecule has 1 unspecified atom stereocenters. The second-order valence-electron chi connectivity index (χ2n) is 3.19. The van der Waals surface area contributed by atoms with Crippen LogP contribution in [0.3, 0.4) is 0 Å². The molecule has 0 amide bonds. The van der Waals surface area contributed by atoms with E-state index in [1.165, 1.54) is 0 Å². The first-order chi connectivity index (χ1) is 6.24. The second-order valence-corrected chi connectivity index (χ2v) is 3.19. The Morgan fingerprint density at radius 1 is 1.31 bits per heavy atom. The minimum atomic E-state index is -0.0900. The van der Waals surface area contributed by atoms with Gasteiger partial charge in [-0.2, -0.15) is 0 Å². The molecular formula is C9H22N2O2. The van der Waals surface area contributed by atoms with E-state index in [-0.39, 0.29) is 5.54 Å². The Labute approximate surface area is 80.8 Å². The Balaban J connectivity index is 3.89. The van der Waals surface area contributed by atoms with Gasteiger partial charge in [0.05, 0.1) is 18.8 Å². The maximum atomic E-state index is 5.70. The minimum Gasteiger partial charge on any atom is -0.383 e. The number of methoxy groups -OCH3 is 2. The van der Waals surface area contributed by atoms with Crippen LogP contribution in [0.2, 0.25) is 0 Å². The van der Waals surface area contributed by atoms with E-state index in [1.54, 1.807) is 14.2 Å². The van der Waals surface area contributed by atoms with Crippen molar-refractivity contribution in [1.82, 2.24) is 5.32 Å². The topological polar surface area (TPSA) is 56.5 Å². The summed E-state index contributed by atoms with van der Waals surface area (Å²) in [5.41, 5.74) is 5.61.